The summed E-state index contributed by atoms with van der Waals surface area (Å²) in [5.41, 5.74) is 6.01. The van der Waals surface area contributed by atoms with E-state index in [1.165, 1.54) is 0 Å². The minimum atomic E-state index is -0.0250. The van der Waals surface area contributed by atoms with Crippen LogP contribution in [0.3, 0.4) is 0 Å². The molecule has 0 heterocycles. The summed E-state index contributed by atoms with van der Waals surface area (Å²) in [6.07, 6.45) is 4.01. The Bertz CT molecular complexity index is 216. The zero-order valence-electron chi connectivity index (χ0n) is 10.0. The van der Waals surface area contributed by atoms with Crippen LogP contribution in [0.2, 0.25) is 0 Å². The summed E-state index contributed by atoms with van der Waals surface area (Å²) in [5, 5.41) is 3.05. The van der Waals surface area contributed by atoms with E-state index in [9.17, 15) is 4.79 Å². The first-order valence-corrected chi connectivity index (χ1v) is 5.62. The van der Waals surface area contributed by atoms with Gasteiger partial charge in [0.15, 0.2) is 0 Å². The molecular weight excluding hydrogens is 190 g/mol. The number of carbonyl (C=O) groups is 1. The summed E-state index contributed by atoms with van der Waals surface area (Å²) in [6.45, 7) is 2.56. The lowest BCUT2D eigenvalue weighted by Gasteiger charge is -2.34. The molecule has 0 aliphatic heterocycles. The SMILES string of the molecule is CN(C)CC(=O)NC1CCC(C)(N)CC1. The van der Waals surface area contributed by atoms with Gasteiger partial charge in [0.05, 0.1) is 6.54 Å². The zero-order chi connectivity index (χ0) is 11.5. The van der Waals surface area contributed by atoms with Crippen molar-refractivity contribution in [2.45, 2.75) is 44.2 Å². The topological polar surface area (TPSA) is 58.4 Å². The van der Waals surface area contributed by atoms with E-state index in [1.807, 2.05) is 19.0 Å². The number of hydrogen-bond acceptors (Lipinski definition) is 3. The summed E-state index contributed by atoms with van der Waals surface area (Å²) in [7, 11) is 3.80. The Morgan fingerprint density at radius 3 is 2.47 bits per heavy atom. The van der Waals surface area contributed by atoms with Crippen LogP contribution in [0.5, 0.6) is 0 Å². The van der Waals surface area contributed by atoms with Crippen LogP contribution in [-0.2, 0) is 4.79 Å². The summed E-state index contributed by atoms with van der Waals surface area (Å²) >= 11 is 0. The van der Waals surface area contributed by atoms with E-state index in [4.69, 9.17) is 5.73 Å². The van der Waals surface area contributed by atoms with E-state index in [0.29, 0.717) is 12.6 Å². The molecule has 0 radical (unpaired) electrons. The Labute approximate surface area is 92.2 Å². The van der Waals surface area contributed by atoms with Gasteiger partial charge in [-0.2, -0.15) is 0 Å². The molecule has 0 bridgehead atoms. The largest absolute Gasteiger partial charge is 0.352 e. The fourth-order valence-electron chi connectivity index (χ4n) is 1.98. The normalized spacial score (nSPS) is 31.7. The van der Waals surface area contributed by atoms with Gasteiger partial charge in [-0.15, -0.1) is 0 Å². The molecule has 0 aromatic carbocycles. The third kappa shape index (κ3) is 4.62. The van der Waals surface area contributed by atoms with Gasteiger partial charge in [-0.3, -0.25) is 4.79 Å². The number of nitrogens with one attached hydrogen (secondary N) is 1. The van der Waals surface area contributed by atoms with E-state index < -0.39 is 0 Å². The fourth-order valence-corrected chi connectivity index (χ4v) is 1.98. The molecule has 0 saturated heterocycles. The summed E-state index contributed by atoms with van der Waals surface area (Å²) in [4.78, 5) is 13.4. The van der Waals surface area contributed by atoms with Crippen molar-refractivity contribution in [2.75, 3.05) is 20.6 Å². The van der Waals surface area contributed by atoms with E-state index >= 15 is 0 Å². The van der Waals surface area contributed by atoms with E-state index in [-0.39, 0.29) is 11.4 Å². The highest BCUT2D eigenvalue weighted by Crippen LogP contribution is 2.25. The van der Waals surface area contributed by atoms with Crippen LogP contribution in [0, 0.1) is 0 Å². The van der Waals surface area contributed by atoms with Gasteiger partial charge in [-0.1, -0.05) is 0 Å². The average molecular weight is 213 g/mol. The molecule has 0 spiro atoms. The Kier molecular flexibility index (Phi) is 4.11. The lowest BCUT2D eigenvalue weighted by Crippen LogP contribution is -2.47. The van der Waals surface area contributed by atoms with Crippen molar-refractivity contribution in [3.63, 3.8) is 0 Å². The highest BCUT2D eigenvalue weighted by molar-refractivity contribution is 5.78. The number of carbonyl (C=O) groups excluding carboxylic acids is 1. The highest BCUT2D eigenvalue weighted by Gasteiger charge is 2.27. The Morgan fingerprint density at radius 1 is 1.47 bits per heavy atom. The van der Waals surface area contributed by atoms with Crippen LogP contribution in [0.15, 0.2) is 0 Å². The summed E-state index contributed by atoms with van der Waals surface area (Å²) in [6, 6.07) is 0.328. The minimum absolute atomic E-state index is 0.0250. The van der Waals surface area contributed by atoms with Gasteiger partial charge in [0, 0.05) is 11.6 Å². The van der Waals surface area contributed by atoms with Crippen molar-refractivity contribution in [3.05, 3.63) is 0 Å². The molecule has 0 aromatic rings. The van der Waals surface area contributed by atoms with Gasteiger partial charge in [0.1, 0.15) is 0 Å². The molecule has 1 aliphatic carbocycles. The first-order valence-electron chi connectivity index (χ1n) is 5.62. The number of rotatable bonds is 3. The second-order valence-corrected chi connectivity index (χ2v) is 5.23. The number of nitrogens with zero attached hydrogens (tertiary/aromatic N) is 1. The third-order valence-electron chi connectivity index (χ3n) is 2.95. The molecule has 4 nitrogen and oxygen atoms in total. The minimum Gasteiger partial charge on any atom is -0.352 e. The van der Waals surface area contributed by atoms with Crippen LogP contribution in [0.25, 0.3) is 0 Å². The third-order valence-corrected chi connectivity index (χ3v) is 2.95. The second kappa shape index (κ2) is 4.94. The number of likely N-dealkylation sites (N-methyl/N-ethyl adjacent to an activating group) is 1. The maximum absolute atomic E-state index is 11.5. The van der Waals surface area contributed by atoms with Gasteiger partial charge >= 0.3 is 0 Å². The number of amides is 1. The molecule has 1 amide bonds. The standard InChI is InChI=1S/C11H23N3O/c1-11(12)6-4-9(5-7-11)13-10(15)8-14(2)3/h9H,4-8,12H2,1-3H3,(H,13,15). The molecule has 1 rings (SSSR count). The Balaban J connectivity index is 2.27. The van der Waals surface area contributed by atoms with Gasteiger partial charge in [0.25, 0.3) is 0 Å². The van der Waals surface area contributed by atoms with E-state index in [0.717, 1.165) is 25.7 Å². The van der Waals surface area contributed by atoms with Gasteiger partial charge in [-0.05, 0) is 46.7 Å². The maximum Gasteiger partial charge on any atom is 0.234 e. The van der Waals surface area contributed by atoms with Crippen molar-refractivity contribution >= 4 is 5.91 Å². The lowest BCUT2D eigenvalue weighted by molar-refractivity contribution is -0.122. The van der Waals surface area contributed by atoms with Crippen LogP contribution < -0.4 is 11.1 Å². The van der Waals surface area contributed by atoms with Crippen molar-refractivity contribution in [1.82, 2.24) is 10.2 Å². The fraction of sp³-hybridized carbons (Fsp3) is 0.909. The predicted octanol–water partition coefficient (Wildman–Crippen LogP) is 0.324. The monoisotopic (exact) mass is 213 g/mol. The van der Waals surface area contributed by atoms with Crippen molar-refractivity contribution < 1.29 is 4.79 Å². The second-order valence-electron chi connectivity index (χ2n) is 5.23. The molecule has 0 unspecified atom stereocenters. The molecule has 1 fully saturated rings. The van der Waals surface area contributed by atoms with Gasteiger partial charge in [-0.25, -0.2) is 0 Å². The number of nitrogens with two attached hydrogens (primary N) is 1. The van der Waals surface area contributed by atoms with E-state index in [2.05, 4.69) is 12.2 Å². The van der Waals surface area contributed by atoms with E-state index in [1.54, 1.807) is 0 Å². The average Bonchev–Trinajstić information content (AvgIpc) is 2.07. The molecule has 3 N–H and O–H groups in total. The molecule has 1 saturated carbocycles. The molecule has 88 valence electrons. The molecule has 1 aliphatic rings. The summed E-state index contributed by atoms with van der Waals surface area (Å²) in [5.74, 6) is 0.116. The summed E-state index contributed by atoms with van der Waals surface area (Å²) < 4.78 is 0. The predicted molar refractivity (Wildman–Crippen MR) is 61.5 cm³/mol. The highest BCUT2D eigenvalue weighted by atomic mass is 16.2. The Morgan fingerprint density at radius 2 is 2.00 bits per heavy atom. The zero-order valence-corrected chi connectivity index (χ0v) is 10.0. The lowest BCUT2D eigenvalue weighted by atomic mass is 9.82. The molecule has 0 aromatic heterocycles. The molecule has 15 heavy (non-hydrogen) atoms. The maximum atomic E-state index is 11.5. The van der Waals surface area contributed by atoms with Crippen molar-refractivity contribution in [3.8, 4) is 0 Å². The van der Waals surface area contributed by atoms with Gasteiger partial charge in [0.2, 0.25) is 5.91 Å². The first-order chi connectivity index (χ1) is 6.89. The van der Waals surface area contributed by atoms with Crippen molar-refractivity contribution in [2.24, 2.45) is 5.73 Å². The van der Waals surface area contributed by atoms with Gasteiger partial charge < -0.3 is 16.0 Å². The molecule has 0 atom stereocenters. The first kappa shape index (κ1) is 12.5. The molecule has 4 heteroatoms. The number of hydrogen-bond donors (Lipinski definition) is 2. The van der Waals surface area contributed by atoms with Crippen LogP contribution in [-0.4, -0.2) is 43.0 Å². The smallest absolute Gasteiger partial charge is 0.234 e. The van der Waals surface area contributed by atoms with Crippen LogP contribution >= 0.6 is 0 Å². The quantitative estimate of drug-likeness (QED) is 0.710. The molecular formula is C11H23N3O. The Hall–Kier alpha value is -0.610. The van der Waals surface area contributed by atoms with Crippen LogP contribution in [0.4, 0.5) is 0 Å². The van der Waals surface area contributed by atoms with Crippen molar-refractivity contribution in [1.29, 1.82) is 0 Å². The van der Waals surface area contributed by atoms with Crippen LogP contribution in [0.1, 0.15) is 32.6 Å².